The van der Waals surface area contributed by atoms with Gasteiger partial charge in [-0.3, -0.25) is 4.79 Å². The molecule has 1 atom stereocenters. The molecule has 0 aromatic heterocycles. The molecule has 1 aromatic carbocycles. The summed E-state index contributed by atoms with van der Waals surface area (Å²) in [5.41, 5.74) is 0.812. The van der Waals surface area contributed by atoms with Gasteiger partial charge in [0.25, 0.3) is 0 Å². The van der Waals surface area contributed by atoms with Crippen LogP contribution < -0.4 is 10.1 Å². The van der Waals surface area contributed by atoms with E-state index in [1.807, 2.05) is 0 Å². The van der Waals surface area contributed by atoms with Gasteiger partial charge in [0.05, 0.1) is 0 Å². The number of benzene rings is 1. The third-order valence-corrected chi connectivity index (χ3v) is 2.38. The largest absolute Gasteiger partial charge is 0.435 e. The second kappa shape index (κ2) is 5.09. The van der Waals surface area contributed by atoms with Gasteiger partial charge in [-0.15, -0.1) is 0 Å². The zero-order valence-corrected chi connectivity index (χ0v) is 8.86. The molecule has 0 saturated carbocycles. The van der Waals surface area contributed by atoms with Crippen LogP contribution in [0.15, 0.2) is 24.3 Å². The van der Waals surface area contributed by atoms with Crippen LogP contribution in [0.25, 0.3) is 0 Å². The summed E-state index contributed by atoms with van der Waals surface area (Å²) < 4.78 is 33.4. The molecule has 1 saturated heterocycles. The van der Waals surface area contributed by atoms with Crippen molar-refractivity contribution in [2.45, 2.75) is 12.7 Å². The Kier molecular flexibility index (Phi) is 3.53. The van der Waals surface area contributed by atoms with Crippen molar-refractivity contribution in [2.75, 3.05) is 13.2 Å². The van der Waals surface area contributed by atoms with Gasteiger partial charge in [0.2, 0.25) is 5.91 Å². The fraction of sp³-hybridized carbons (Fsp3) is 0.364. The maximum atomic E-state index is 11.9. The lowest BCUT2D eigenvalue weighted by Gasteiger charge is -2.23. The van der Waals surface area contributed by atoms with Gasteiger partial charge in [-0.2, -0.15) is 8.78 Å². The molecule has 17 heavy (non-hydrogen) atoms. The van der Waals surface area contributed by atoms with E-state index in [-0.39, 0.29) is 24.4 Å². The third kappa shape index (κ3) is 3.13. The minimum absolute atomic E-state index is 0.0138. The zero-order chi connectivity index (χ0) is 12.3. The summed E-state index contributed by atoms with van der Waals surface area (Å²) >= 11 is 0. The first kappa shape index (κ1) is 11.8. The van der Waals surface area contributed by atoms with Crippen LogP contribution in [-0.2, 0) is 9.53 Å². The Morgan fingerprint density at radius 3 is 2.59 bits per heavy atom. The molecule has 0 spiro atoms. The van der Waals surface area contributed by atoms with Crippen molar-refractivity contribution in [3.05, 3.63) is 29.8 Å². The normalized spacial score (nSPS) is 20.2. The zero-order valence-electron chi connectivity index (χ0n) is 8.86. The molecule has 1 aliphatic rings. The molecule has 2 rings (SSSR count). The quantitative estimate of drug-likeness (QED) is 0.874. The molecule has 1 N–H and O–H groups in total. The summed E-state index contributed by atoms with van der Waals surface area (Å²) in [4.78, 5) is 10.9. The highest BCUT2D eigenvalue weighted by atomic mass is 19.3. The summed E-state index contributed by atoms with van der Waals surface area (Å²) in [6.45, 7) is -2.43. The van der Waals surface area contributed by atoms with E-state index < -0.39 is 6.61 Å². The smallest absolute Gasteiger partial charge is 0.387 e. The Morgan fingerprint density at radius 2 is 2.06 bits per heavy atom. The lowest BCUT2D eigenvalue weighted by Crippen LogP contribution is -2.38. The van der Waals surface area contributed by atoms with Crippen LogP contribution in [0.2, 0.25) is 0 Å². The van der Waals surface area contributed by atoms with Gasteiger partial charge in [-0.25, -0.2) is 0 Å². The molecule has 1 aromatic rings. The number of hydrogen-bond acceptors (Lipinski definition) is 3. The van der Waals surface area contributed by atoms with Gasteiger partial charge < -0.3 is 14.8 Å². The number of ether oxygens (including phenoxy) is 2. The molecular weight excluding hydrogens is 232 g/mol. The molecule has 1 aliphatic heterocycles. The van der Waals surface area contributed by atoms with Crippen LogP contribution in [0, 0.1) is 0 Å². The van der Waals surface area contributed by atoms with Gasteiger partial charge in [0.1, 0.15) is 18.5 Å². The lowest BCUT2D eigenvalue weighted by molar-refractivity contribution is -0.133. The van der Waals surface area contributed by atoms with Crippen LogP contribution in [0.5, 0.6) is 5.75 Å². The minimum Gasteiger partial charge on any atom is -0.435 e. The van der Waals surface area contributed by atoms with Crippen molar-refractivity contribution in [3.63, 3.8) is 0 Å². The van der Waals surface area contributed by atoms with Crippen LogP contribution in [-0.4, -0.2) is 25.7 Å². The monoisotopic (exact) mass is 243 g/mol. The molecule has 0 radical (unpaired) electrons. The van der Waals surface area contributed by atoms with Crippen LogP contribution >= 0.6 is 0 Å². The van der Waals surface area contributed by atoms with E-state index in [4.69, 9.17) is 4.74 Å². The van der Waals surface area contributed by atoms with Gasteiger partial charge in [0.15, 0.2) is 0 Å². The highest BCUT2D eigenvalue weighted by Gasteiger charge is 2.19. The van der Waals surface area contributed by atoms with E-state index >= 15 is 0 Å². The van der Waals surface area contributed by atoms with Crippen molar-refractivity contribution in [1.82, 2.24) is 5.32 Å². The second-order valence-electron chi connectivity index (χ2n) is 3.55. The number of hydrogen-bond donors (Lipinski definition) is 1. The summed E-state index contributed by atoms with van der Waals surface area (Å²) in [5.74, 6) is -0.0532. The molecule has 1 fully saturated rings. The van der Waals surface area contributed by atoms with E-state index in [2.05, 4.69) is 10.1 Å². The summed E-state index contributed by atoms with van der Waals surface area (Å²) in [5, 5.41) is 2.66. The Balaban J connectivity index is 2.00. The molecule has 4 nitrogen and oxygen atoms in total. The average molecular weight is 243 g/mol. The Bertz CT molecular complexity index is 384. The maximum Gasteiger partial charge on any atom is 0.387 e. The highest BCUT2D eigenvalue weighted by Crippen LogP contribution is 2.22. The molecule has 1 amide bonds. The van der Waals surface area contributed by atoms with E-state index in [0.717, 1.165) is 5.56 Å². The molecule has 0 aliphatic carbocycles. The number of alkyl halides is 2. The Hall–Kier alpha value is -1.69. The molecule has 92 valence electrons. The number of rotatable bonds is 3. The van der Waals surface area contributed by atoms with Crippen molar-refractivity contribution < 1.29 is 23.0 Å². The molecule has 1 heterocycles. The van der Waals surface area contributed by atoms with Crippen LogP contribution in [0.1, 0.15) is 11.7 Å². The van der Waals surface area contributed by atoms with Gasteiger partial charge >= 0.3 is 6.61 Å². The SMILES string of the molecule is O=C1CO[C@H](c2ccc(OC(F)F)cc2)CN1. The van der Waals surface area contributed by atoms with Crippen molar-refractivity contribution in [2.24, 2.45) is 0 Å². The van der Waals surface area contributed by atoms with Crippen molar-refractivity contribution in [1.29, 1.82) is 0 Å². The topological polar surface area (TPSA) is 47.6 Å². The standard InChI is InChI=1S/C11H11F2NO3/c12-11(13)17-8-3-1-7(2-4-8)9-5-14-10(15)6-16-9/h1-4,9,11H,5-6H2,(H,14,15)/t9-/m0/s1. The lowest BCUT2D eigenvalue weighted by atomic mass is 10.1. The predicted molar refractivity (Wildman–Crippen MR) is 54.8 cm³/mol. The number of carbonyl (C=O) groups is 1. The summed E-state index contributed by atoms with van der Waals surface area (Å²) in [6.07, 6.45) is -0.242. The molecule has 0 bridgehead atoms. The fourth-order valence-electron chi connectivity index (χ4n) is 1.57. The number of nitrogens with one attached hydrogen (secondary N) is 1. The first-order chi connectivity index (χ1) is 8.15. The van der Waals surface area contributed by atoms with Crippen LogP contribution in [0.3, 0.4) is 0 Å². The average Bonchev–Trinajstić information content (AvgIpc) is 2.30. The molecule has 6 heteroatoms. The van der Waals surface area contributed by atoms with Crippen molar-refractivity contribution in [3.8, 4) is 5.75 Å². The van der Waals surface area contributed by atoms with Crippen LogP contribution in [0.4, 0.5) is 8.78 Å². The number of morpholine rings is 1. The first-order valence-electron chi connectivity index (χ1n) is 5.08. The van der Waals surface area contributed by atoms with E-state index in [1.54, 1.807) is 12.1 Å². The van der Waals surface area contributed by atoms with Gasteiger partial charge in [-0.05, 0) is 17.7 Å². The number of carbonyl (C=O) groups excluding carboxylic acids is 1. The minimum atomic E-state index is -2.83. The molecular formula is C11H11F2NO3. The number of halogens is 2. The van der Waals surface area contributed by atoms with Crippen molar-refractivity contribution >= 4 is 5.91 Å². The maximum absolute atomic E-state index is 11.9. The first-order valence-corrected chi connectivity index (χ1v) is 5.08. The Labute approximate surface area is 96.5 Å². The summed E-state index contributed by atoms with van der Waals surface area (Å²) in [6, 6.07) is 6.17. The van der Waals surface area contributed by atoms with Gasteiger partial charge in [0, 0.05) is 6.54 Å². The second-order valence-corrected chi connectivity index (χ2v) is 3.55. The predicted octanol–water partition coefficient (Wildman–Crippen LogP) is 1.48. The fourth-order valence-corrected chi connectivity index (χ4v) is 1.57. The molecule has 0 unspecified atom stereocenters. The third-order valence-electron chi connectivity index (χ3n) is 2.38. The van der Waals surface area contributed by atoms with Gasteiger partial charge in [-0.1, -0.05) is 12.1 Å². The number of amides is 1. The summed E-state index contributed by atoms with van der Waals surface area (Å²) in [7, 11) is 0. The Morgan fingerprint density at radius 1 is 1.35 bits per heavy atom. The van der Waals surface area contributed by atoms with E-state index in [9.17, 15) is 13.6 Å². The van der Waals surface area contributed by atoms with E-state index in [1.165, 1.54) is 12.1 Å². The van der Waals surface area contributed by atoms with E-state index in [0.29, 0.717) is 6.54 Å². The highest BCUT2D eigenvalue weighted by molar-refractivity contribution is 5.77.